The summed E-state index contributed by atoms with van der Waals surface area (Å²) < 4.78 is 0. The van der Waals surface area contributed by atoms with Crippen molar-refractivity contribution in [1.29, 1.82) is 0 Å². The zero-order valence-corrected chi connectivity index (χ0v) is 9.62. The molecular formula is C11H20N4. The summed E-state index contributed by atoms with van der Waals surface area (Å²) in [6, 6.07) is 2.00. The Morgan fingerprint density at radius 2 is 2.13 bits per heavy atom. The van der Waals surface area contributed by atoms with E-state index in [9.17, 15) is 0 Å². The molecule has 0 saturated heterocycles. The second-order valence-electron chi connectivity index (χ2n) is 4.86. The Morgan fingerprint density at radius 1 is 1.47 bits per heavy atom. The minimum absolute atomic E-state index is 0.0943. The second kappa shape index (κ2) is 4.59. The fourth-order valence-electron chi connectivity index (χ4n) is 1.44. The summed E-state index contributed by atoms with van der Waals surface area (Å²) >= 11 is 0. The third kappa shape index (κ3) is 3.18. The third-order valence-electron chi connectivity index (χ3n) is 2.61. The van der Waals surface area contributed by atoms with Crippen LogP contribution in [0.25, 0.3) is 0 Å². The van der Waals surface area contributed by atoms with Crippen molar-refractivity contribution in [1.82, 2.24) is 10.4 Å². The highest BCUT2D eigenvalue weighted by atomic mass is 15.2. The first-order chi connectivity index (χ1) is 6.95. The fraction of sp³-hybridized carbons (Fsp3) is 0.545. The predicted octanol–water partition coefficient (Wildman–Crippen LogP) is 1.08. The SMILES string of the molecule is CC(C)(C)C(Cc1cnccc1N)NN. The topological polar surface area (TPSA) is 77.0 Å². The number of aromatic nitrogens is 1. The van der Waals surface area contributed by atoms with E-state index in [1.807, 2.05) is 6.07 Å². The van der Waals surface area contributed by atoms with E-state index >= 15 is 0 Å². The van der Waals surface area contributed by atoms with Gasteiger partial charge >= 0.3 is 0 Å². The molecule has 1 atom stereocenters. The summed E-state index contributed by atoms with van der Waals surface area (Å²) in [6.45, 7) is 6.43. The van der Waals surface area contributed by atoms with E-state index in [1.165, 1.54) is 0 Å². The zero-order chi connectivity index (χ0) is 11.5. The molecule has 1 aromatic heterocycles. The summed E-state index contributed by atoms with van der Waals surface area (Å²) in [6.07, 6.45) is 4.28. The summed E-state index contributed by atoms with van der Waals surface area (Å²) in [7, 11) is 0. The molecule has 0 bridgehead atoms. The monoisotopic (exact) mass is 208 g/mol. The average Bonchev–Trinajstić information content (AvgIpc) is 2.14. The highest BCUT2D eigenvalue weighted by molar-refractivity contribution is 5.44. The number of nitrogens with zero attached hydrogens (tertiary/aromatic N) is 1. The summed E-state index contributed by atoms with van der Waals surface area (Å²) in [5.74, 6) is 5.55. The van der Waals surface area contributed by atoms with Crippen LogP contribution in [-0.2, 0) is 6.42 Å². The smallest absolute Gasteiger partial charge is 0.0378 e. The molecule has 1 aromatic rings. The van der Waals surface area contributed by atoms with Gasteiger partial charge in [-0.1, -0.05) is 20.8 Å². The van der Waals surface area contributed by atoms with Crippen molar-refractivity contribution in [2.45, 2.75) is 33.2 Å². The highest BCUT2D eigenvalue weighted by Crippen LogP contribution is 2.23. The Labute approximate surface area is 91.0 Å². The van der Waals surface area contributed by atoms with Crippen LogP contribution in [0, 0.1) is 5.41 Å². The third-order valence-corrected chi connectivity index (χ3v) is 2.61. The molecule has 15 heavy (non-hydrogen) atoms. The average molecular weight is 208 g/mol. The van der Waals surface area contributed by atoms with Gasteiger partial charge in [0.2, 0.25) is 0 Å². The van der Waals surface area contributed by atoms with Gasteiger partial charge in [0.1, 0.15) is 0 Å². The first kappa shape index (κ1) is 11.9. The van der Waals surface area contributed by atoms with Crippen LogP contribution in [0.1, 0.15) is 26.3 Å². The van der Waals surface area contributed by atoms with Gasteiger partial charge in [-0.2, -0.15) is 0 Å². The maximum atomic E-state index is 5.86. The standard InChI is InChI=1S/C11H20N4/c1-11(2,3)10(15-13)6-8-7-14-5-4-9(8)12/h4-5,7,10,15H,6,13H2,1-3H3,(H2,12,14). The van der Waals surface area contributed by atoms with Gasteiger partial charge in [-0.15, -0.1) is 0 Å². The minimum Gasteiger partial charge on any atom is -0.398 e. The molecular weight excluding hydrogens is 188 g/mol. The van der Waals surface area contributed by atoms with Crippen molar-refractivity contribution in [3.63, 3.8) is 0 Å². The van der Waals surface area contributed by atoms with Gasteiger partial charge in [-0.25, -0.2) is 0 Å². The van der Waals surface area contributed by atoms with Gasteiger partial charge in [0, 0.05) is 24.1 Å². The van der Waals surface area contributed by atoms with Crippen molar-refractivity contribution in [3.8, 4) is 0 Å². The first-order valence-electron chi connectivity index (χ1n) is 5.09. The van der Waals surface area contributed by atoms with Crippen LogP contribution in [0.4, 0.5) is 5.69 Å². The number of hydrazine groups is 1. The Kier molecular flexibility index (Phi) is 3.66. The van der Waals surface area contributed by atoms with E-state index in [1.54, 1.807) is 12.4 Å². The van der Waals surface area contributed by atoms with Gasteiger partial charge in [0.15, 0.2) is 0 Å². The molecule has 1 heterocycles. The van der Waals surface area contributed by atoms with E-state index in [-0.39, 0.29) is 11.5 Å². The van der Waals surface area contributed by atoms with Crippen LogP contribution in [0.5, 0.6) is 0 Å². The molecule has 0 aliphatic rings. The summed E-state index contributed by atoms with van der Waals surface area (Å²) in [5.41, 5.74) is 10.6. The molecule has 84 valence electrons. The van der Waals surface area contributed by atoms with Crippen LogP contribution >= 0.6 is 0 Å². The summed E-state index contributed by atoms with van der Waals surface area (Å²) in [4.78, 5) is 4.07. The minimum atomic E-state index is 0.0943. The molecule has 0 saturated carbocycles. The molecule has 0 aliphatic carbocycles. The van der Waals surface area contributed by atoms with Gasteiger partial charge in [0.25, 0.3) is 0 Å². The Bertz CT molecular complexity index is 317. The number of hydrogen-bond donors (Lipinski definition) is 3. The van der Waals surface area contributed by atoms with Crippen molar-refractivity contribution < 1.29 is 0 Å². The molecule has 1 rings (SSSR count). The molecule has 0 aromatic carbocycles. The van der Waals surface area contributed by atoms with Crippen molar-refractivity contribution in [3.05, 3.63) is 24.0 Å². The van der Waals surface area contributed by atoms with E-state index in [2.05, 4.69) is 31.2 Å². The molecule has 0 aliphatic heterocycles. The Hall–Kier alpha value is -1.13. The number of anilines is 1. The highest BCUT2D eigenvalue weighted by Gasteiger charge is 2.24. The maximum Gasteiger partial charge on any atom is 0.0378 e. The molecule has 0 fully saturated rings. The van der Waals surface area contributed by atoms with Crippen molar-refractivity contribution >= 4 is 5.69 Å². The second-order valence-corrected chi connectivity index (χ2v) is 4.86. The van der Waals surface area contributed by atoms with Crippen LogP contribution < -0.4 is 17.0 Å². The number of rotatable bonds is 3. The van der Waals surface area contributed by atoms with Crippen molar-refractivity contribution in [2.75, 3.05) is 5.73 Å². The number of nitrogen functional groups attached to an aromatic ring is 1. The normalized spacial score (nSPS) is 13.9. The lowest BCUT2D eigenvalue weighted by Crippen LogP contribution is -2.45. The molecule has 4 heteroatoms. The predicted molar refractivity (Wildman–Crippen MR) is 62.9 cm³/mol. The largest absolute Gasteiger partial charge is 0.398 e. The maximum absolute atomic E-state index is 5.86. The lowest BCUT2D eigenvalue weighted by Gasteiger charge is -2.30. The summed E-state index contributed by atoms with van der Waals surface area (Å²) in [5, 5.41) is 0. The zero-order valence-electron chi connectivity index (χ0n) is 9.62. The van der Waals surface area contributed by atoms with Crippen LogP contribution in [0.15, 0.2) is 18.5 Å². The van der Waals surface area contributed by atoms with Crippen LogP contribution in [0.2, 0.25) is 0 Å². The number of hydrogen-bond acceptors (Lipinski definition) is 4. The molecule has 5 N–H and O–H groups in total. The molecule has 0 spiro atoms. The molecule has 1 unspecified atom stereocenters. The molecule has 0 amide bonds. The van der Waals surface area contributed by atoms with Crippen molar-refractivity contribution in [2.24, 2.45) is 11.3 Å². The van der Waals surface area contributed by atoms with Gasteiger partial charge < -0.3 is 5.73 Å². The van der Waals surface area contributed by atoms with Gasteiger partial charge in [-0.3, -0.25) is 16.3 Å². The number of pyridine rings is 1. The lowest BCUT2D eigenvalue weighted by molar-refractivity contribution is 0.269. The van der Waals surface area contributed by atoms with Crippen LogP contribution in [-0.4, -0.2) is 11.0 Å². The van der Waals surface area contributed by atoms with E-state index in [0.717, 1.165) is 17.7 Å². The Morgan fingerprint density at radius 3 is 2.60 bits per heavy atom. The quantitative estimate of drug-likeness (QED) is 0.513. The fourth-order valence-corrected chi connectivity index (χ4v) is 1.44. The van der Waals surface area contributed by atoms with E-state index in [4.69, 9.17) is 11.6 Å². The Balaban J connectivity index is 2.80. The molecule has 4 nitrogen and oxygen atoms in total. The van der Waals surface area contributed by atoms with E-state index < -0.39 is 0 Å². The van der Waals surface area contributed by atoms with Gasteiger partial charge in [0.05, 0.1) is 0 Å². The van der Waals surface area contributed by atoms with E-state index in [0.29, 0.717) is 0 Å². The molecule has 0 radical (unpaired) electrons. The van der Waals surface area contributed by atoms with Crippen LogP contribution in [0.3, 0.4) is 0 Å². The van der Waals surface area contributed by atoms with Gasteiger partial charge in [-0.05, 0) is 23.5 Å². The number of nitrogens with one attached hydrogen (secondary N) is 1. The lowest BCUT2D eigenvalue weighted by atomic mass is 9.83. The first-order valence-corrected chi connectivity index (χ1v) is 5.09. The number of nitrogens with two attached hydrogens (primary N) is 2.